The number of thioether (sulfide) groups is 1. The SMILES string of the molecule is O=C(Cn1cc(/C=C2/SC(=S)N(c3ccccc3)C2=O)c2ccccc21)Nc1ccccc1. The fourth-order valence-electron chi connectivity index (χ4n) is 3.81. The number of carbonyl (C=O) groups is 2. The van der Waals surface area contributed by atoms with Gasteiger partial charge in [-0.3, -0.25) is 14.5 Å². The number of para-hydroxylation sites is 3. The highest BCUT2D eigenvalue weighted by atomic mass is 32.2. The smallest absolute Gasteiger partial charge is 0.270 e. The van der Waals surface area contributed by atoms with Crippen LogP contribution in [0.5, 0.6) is 0 Å². The Hall–Kier alpha value is -3.68. The molecule has 2 heterocycles. The second kappa shape index (κ2) is 9.05. The molecule has 33 heavy (non-hydrogen) atoms. The maximum Gasteiger partial charge on any atom is 0.270 e. The average molecular weight is 470 g/mol. The van der Waals surface area contributed by atoms with Gasteiger partial charge >= 0.3 is 0 Å². The van der Waals surface area contributed by atoms with Crippen molar-refractivity contribution in [1.29, 1.82) is 0 Å². The molecule has 0 unspecified atom stereocenters. The molecule has 2 amide bonds. The van der Waals surface area contributed by atoms with Crippen molar-refractivity contribution in [3.8, 4) is 0 Å². The number of hydrogen-bond donors (Lipinski definition) is 1. The van der Waals surface area contributed by atoms with E-state index in [2.05, 4.69) is 5.32 Å². The number of nitrogens with zero attached hydrogens (tertiary/aromatic N) is 2. The monoisotopic (exact) mass is 469 g/mol. The van der Waals surface area contributed by atoms with E-state index in [0.717, 1.165) is 27.8 Å². The van der Waals surface area contributed by atoms with Gasteiger partial charge in [-0.15, -0.1) is 0 Å². The third-order valence-corrected chi connectivity index (χ3v) is 6.59. The summed E-state index contributed by atoms with van der Waals surface area (Å²) in [6, 6.07) is 26.6. The van der Waals surface area contributed by atoms with Crippen LogP contribution in [0, 0.1) is 0 Å². The van der Waals surface area contributed by atoms with Crippen LogP contribution >= 0.6 is 24.0 Å². The van der Waals surface area contributed by atoms with Crippen LogP contribution in [0.3, 0.4) is 0 Å². The number of nitrogens with one attached hydrogen (secondary N) is 1. The third kappa shape index (κ3) is 4.33. The van der Waals surface area contributed by atoms with Gasteiger partial charge in [0.1, 0.15) is 6.54 Å². The number of rotatable bonds is 5. The molecule has 0 saturated carbocycles. The maximum absolute atomic E-state index is 13.1. The Morgan fingerprint density at radius 1 is 0.939 bits per heavy atom. The molecule has 0 bridgehead atoms. The summed E-state index contributed by atoms with van der Waals surface area (Å²) in [6.07, 6.45) is 3.76. The summed E-state index contributed by atoms with van der Waals surface area (Å²) in [5, 5.41) is 3.88. The van der Waals surface area contributed by atoms with Gasteiger partial charge in [-0.05, 0) is 36.4 Å². The Labute approximate surface area is 200 Å². The molecule has 0 radical (unpaired) electrons. The highest BCUT2D eigenvalue weighted by molar-refractivity contribution is 8.27. The average Bonchev–Trinajstić information content (AvgIpc) is 3.31. The molecule has 1 N–H and O–H groups in total. The molecule has 1 aromatic heterocycles. The summed E-state index contributed by atoms with van der Waals surface area (Å²) in [7, 11) is 0. The van der Waals surface area contributed by atoms with Gasteiger partial charge in [0, 0.05) is 28.4 Å². The van der Waals surface area contributed by atoms with Gasteiger partial charge in [-0.1, -0.05) is 78.6 Å². The molecule has 5 nitrogen and oxygen atoms in total. The van der Waals surface area contributed by atoms with Crippen molar-refractivity contribution >= 4 is 68.5 Å². The molecule has 0 aliphatic carbocycles. The lowest BCUT2D eigenvalue weighted by atomic mass is 10.1. The predicted octanol–water partition coefficient (Wildman–Crippen LogP) is 5.69. The summed E-state index contributed by atoms with van der Waals surface area (Å²) < 4.78 is 2.40. The third-order valence-electron chi connectivity index (χ3n) is 5.29. The minimum absolute atomic E-state index is 0.121. The van der Waals surface area contributed by atoms with Crippen LogP contribution in [-0.2, 0) is 16.1 Å². The van der Waals surface area contributed by atoms with Crippen LogP contribution in [0.25, 0.3) is 17.0 Å². The van der Waals surface area contributed by atoms with Gasteiger partial charge in [-0.2, -0.15) is 0 Å². The highest BCUT2D eigenvalue weighted by Crippen LogP contribution is 2.37. The zero-order valence-electron chi connectivity index (χ0n) is 17.5. The van der Waals surface area contributed by atoms with E-state index < -0.39 is 0 Å². The topological polar surface area (TPSA) is 54.3 Å². The number of amides is 2. The standard InChI is InChI=1S/C26H19N3O2S2/c30-24(27-19-9-3-1-4-10-19)17-28-16-18(21-13-7-8-14-22(21)28)15-23-25(31)29(26(32)33-23)20-11-5-2-6-12-20/h1-16H,17H2,(H,27,30)/b23-15+. The Morgan fingerprint density at radius 3 is 2.36 bits per heavy atom. The fraction of sp³-hybridized carbons (Fsp3) is 0.0385. The molecule has 1 saturated heterocycles. The van der Waals surface area contributed by atoms with Crippen molar-refractivity contribution in [3.05, 3.63) is 102 Å². The van der Waals surface area contributed by atoms with E-state index in [4.69, 9.17) is 12.2 Å². The van der Waals surface area contributed by atoms with Gasteiger partial charge in [0.2, 0.25) is 5.91 Å². The minimum atomic E-state index is -0.144. The van der Waals surface area contributed by atoms with Crippen LogP contribution in [0.15, 0.2) is 96.0 Å². The Kier molecular flexibility index (Phi) is 5.81. The number of hydrogen-bond acceptors (Lipinski definition) is 4. The van der Waals surface area contributed by atoms with Gasteiger partial charge in [-0.25, -0.2) is 0 Å². The fourth-order valence-corrected chi connectivity index (χ4v) is 5.10. The molecule has 3 aromatic carbocycles. The minimum Gasteiger partial charge on any atom is -0.337 e. The van der Waals surface area contributed by atoms with E-state index in [1.54, 1.807) is 4.90 Å². The van der Waals surface area contributed by atoms with Crippen molar-refractivity contribution < 1.29 is 9.59 Å². The summed E-state index contributed by atoms with van der Waals surface area (Å²) >= 11 is 6.77. The van der Waals surface area contributed by atoms with E-state index in [1.165, 1.54) is 11.8 Å². The molecular formula is C26H19N3O2S2. The first-order chi connectivity index (χ1) is 16.1. The van der Waals surface area contributed by atoms with Crippen LogP contribution in [0.4, 0.5) is 11.4 Å². The number of thiocarbonyl (C=S) groups is 1. The molecule has 5 rings (SSSR count). The lowest BCUT2D eigenvalue weighted by Crippen LogP contribution is -2.27. The number of fused-ring (bicyclic) bond motifs is 1. The molecule has 162 valence electrons. The van der Waals surface area contributed by atoms with Gasteiger partial charge < -0.3 is 9.88 Å². The molecule has 0 atom stereocenters. The Morgan fingerprint density at radius 2 is 1.61 bits per heavy atom. The van der Waals surface area contributed by atoms with Crippen LogP contribution in [-0.4, -0.2) is 20.7 Å². The first kappa shape index (κ1) is 21.2. The summed E-state index contributed by atoms with van der Waals surface area (Å²) in [5.41, 5.74) is 3.30. The first-order valence-corrected chi connectivity index (χ1v) is 11.6. The van der Waals surface area contributed by atoms with Crippen molar-refractivity contribution in [3.63, 3.8) is 0 Å². The van der Waals surface area contributed by atoms with Crippen molar-refractivity contribution in [1.82, 2.24) is 4.57 Å². The summed E-state index contributed by atoms with van der Waals surface area (Å²) in [5.74, 6) is -0.265. The van der Waals surface area contributed by atoms with Crippen LogP contribution < -0.4 is 10.2 Å². The molecule has 1 aliphatic rings. The molecule has 4 aromatic rings. The second-order valence-corrected chi connectivity index (χ2v) is 9.17. The number of aromatic nitrogens is 1. The zero-order chi connectivity index (χ0) is 22.8. The van der Waals surface area contributed by atoms with Gasteiger partial charge in [0.15, 0.2) is 4.32 Å². The van der Waals surface area contributed by atoms with Gasteiger partial charge in [0.25, 0.3) is 5.91 Å². The summed E-state index contributed by atoms with van der Waals surface area (Å²) in [6.45, 7) is 0.161. The van der Waals surface area contributed by atoms with Crippen LogP contribution in [0.1, 0.15) is 5.56 Å². The molecule has 1 fully saturated rings. The number of anilines is 2. The zero-order valence-corrected chi connectivity index (χ0v) is 19.1. The maximum atomic E-state index is 13.1. The lowest BCUT2D eigenvalue weighted by Gasteiger charge is -2.13. The first-order valence-electron chi connectivity index (χ1n) is 10.4. The lowest BCUT2D eigenvalue weighted by molar-refractivity contribution is -0.116. The largest absolute Gasteiger partial charge is 0.337 e. The highest BCUT2D eigenvalue weighted by Gasteiger charge is 2.33. The van der Waals surface area contributed by atoms with Gasteiger partial charge in [0.05, 0.1) is 10.6 Å². The normalized spacial score (nSPS) is 14.9. The van der Waals surface area contributed by atoms with E-state index >= 15 is 0 Å². The summed E-state index contributed by atoms with van der Waals surface area (Å²) in [4.78, 5) is 27.9. The van der Waals surface area contributed by atoms with Crippen LogP contribution in [0.2, 0.25) is 0 Å². The van der Waals surface area contributed by atoms with Crippen molar-refractivity contribution in [2.45, 2.75) is 6.54 Å². The second-order valence-electron chi connectivity index (χ2n) is 7.50. The molecule has 0 spiro atoms. The molecule has 7 heteroatoms. The van der Waals surface area contributed by atoms with E-state index in [9.17, 15) is 9.59 Å². The molecular weight excluding hydrogens is 450 g/mol. The van der Waals surface area contributed by atoms with E-state index in [-0.39, 0.29) is 18.4 Å². The number of carbonyl (C=O) groups excluding carboxylic acids is 2. The predicted molar refractivity (Wildman–Crippen MR) is 139 cm³/mol. The van der Waals surface area contributed by atoms with Crippen molar-refractivity contribution in [2.75, 3.05) is 10.2 Å². The van der Waals surface area contributed by atoms with Crippen molar-refractivity contribution in [2.24, 2.45) is 0 Å². The Bertz CT molecular complexity index is 1400. The molecule has 1 aliphatic heterocycles. The Balaban J connectivity index is 1.45. The van der Waals surface area contributed by atoms with E-state index in [0.29, 0.717) is 9.23 Å². The van der Waals surface area contributed by atoms with E-state index in [1.807, 2.05) is 102 Å². The number of benzene rings is 3. The quantitative estimate of drug-likeness (QED) is 0.302.